The summed E-state index contributed by atoms with van der Waals surface area (Å²) in [5.41, 5.74) is 8.10. The van der Waals surface area contributed by atoms with Gasteiger partial charge in [0.1, 0.15) is 0 Å². The molecular formula is C16H17ClN2O. The third-order valence-corrected chi connectivity index (χ3v) is 3.30. The molecule has 3 nitrogen and oxygen atoms in total. The van der Waals surface area contributed by atoms with Crippen LogP contribution in [0.4, 0.5) is 0 Å². The van der Waals surface area contributed by atoms with Gasteiger partial charge in [0.2, 0.25) is 5.91 Å². The van der Waals surface area contributed by atoms with Crippen molar-refractivity contribution >= 4 is 17.5 Å². The minimum Gasteiger partial charge on any atom is -0.366 e. The number of hydrogen-bond acceptors (Lipinski definition) is 2. The quantitative estimate of drug-likeness (QED) is 0.803. The predicted molar refractivity (Wildman–Crippen MR) is 81.8 cm³/mol. The molecule has 2 aromatic rings. The van der Waals surface area contributed by atoms with Gasteiger partial charge in [0.15, 0.2) is 0 Å². The summed E-state index contributed by atoms with van der Waals surface area (Å²) < 4.78 is 0. The third-order valence-electron chi connectivity index (χ3n) is 3.04. The summed E-state index contributed by atoms with van der Waals surface area (Å²) in [5.74, 6) is -0.395. The summed E-state index contributed by atoms with van der Waals surface area (Å²) >= 11 is 5.84. The first-order chi connectivity index (χ1) is 9.65. The third kappa shape index (κ3) is 4.37. The zero-order chi connectivity index (χ0) is 14.4. The number of carbonyl (C=O) groups excluding carboxylic acids is 1. The van der Waals surface area contributed by atoms with Gasteiger partial charge < -0.3 is 11.1 Å². The second-order valence-electron chi connectivity index (χ2n) is 4.62. The Morgan fingerprint density at radius 3 is 2.55 bits per heavy atom. The standard InChI is InChI=1S/C16H17ClN2O/c17-15-6-4-12(5-7-15)8-9-19-11-13-2-1-3-14(10-13)16(18)20/h1-7,10,19H,8-9,11H2,(H2,18,20). The van der Waals surface area contributed by atoms with Crippen molar-refractivity contribution in [2.45, 2.75) is 13.0 Å². The summed E-state index contributed by atoms with van der Waals surface area (Å²) in [5, 5.41) is 4.10. The molecule has 2 rings (SSSR count). The molecule has 0 aliphatic heterocycles. The maximum atomic E-state index is 11.1. The highest BCUT2D eigenvalue weighted by molar-refractivity contribution is 6.30. The Bertz CT molecular complexity index is 581. The molecule has 0 saturated heterocycles. The van der Waals surface area contributed by atoms with Crippen molar-refractivity contribution in [3.05, 3.63) is 70.2 Å². The molecule has 0 aliphatic rings. The van der Waals surface area contributed by atoms with E-state index in [1.165, 1.54) is 5.56 Å². The molecule has 0 atom stereocenters. The lowest BCUT2D eigenvalue weighted by atomic mass is 10.1. The van der Waals surface area contributed by atoms with Gasteiger partial charge in [0.05, 0.1) is 0 Å². The zero-order valence-corrected chi connectivity index (χ0v) is 11.9. The fourth-order valence-corrected chi connectivity index (χ4v) is 2.08. The molecule has 20 heavy (non-hydrogen) atoms. The average Bonchev–Trinajstić information content (AvgIpc) is 2.46. The molecule has 0 aliphatic carbocycles. The number of carbonyl (C=O) groups is 1. The Labute approximate surface area is 123 Å². The van der Waals surface area contributed by atoms with Gasteiger partial charge in [-0.2, -0.15) is 0 Å². The van der Waals surface area contributed by atoms with E-state index in [1.807, 2.05) is 42.5 Å². The van der Waals surface area contributed by atoms with Crippen LogP contribution in [0.25, 0.3) is 0 Å². The van der Waals surface area contributed by atoms with Crippen LogP contribution >= 0.6 is 11.6 Å². The highest BCUT2D eigenvalue weighted by Gasteiger charge is 2.01. The van der Waals surface area contributed by atoms with Crippen LogP contribution in [0, 0.1) is 0 Å². The van der Waals surface area contributed by atoms with Crippen molar-refractivity contribution in [3.8, 4) is 0 Å². The van der Waals surface area contributed by atoms with Gasteiger partial charge >= 0.3 is 0 Å². The van der Waals surface area contributed by atoms with Crippen molar-refractivity contribution in [2.75, 3.05) is 6.54 Å². The van der Waals surface area contributed by atoms with Crippen molar-refractivity contribution in [3.63, 3.8) is 0 Å². The van der Waals surface area contributed by atoms with E-state index >= 15 is 0 Å². The predicted octanol–water partition coefficient (Wildman–Crippen LogP) is 2.77. The molecule has 0 bridgehead atoms. The van der Waals surface area contributed by atoms with Crippen LogP contribution in [0.3, 0.4) is 0 Å². The molecule has 3 N–H and O–H groups in total. The minimum atomic E-state index is -0.395. The van der Waals surface area contributed by atoms with Gasteiger partial charge in [-0.3, -0.25) is 4.79 Å². The lowest BCUT2D eigenvalue weighted by Gasteiger charge is -2.06. The van der Waals surface area contributed by atoms with Crippen LogP contribution in [-0.2, 0) is 13.0 Å². The van der Waals surface area contributed by atoms with Gasteiger partial charge in [0.25, 0.3) is 0 Å². The van der Waals surface area contributed by atoms with Crippen LogP contribution in [-0.4, -0.2) is 12.5 Å². The van der Waals surface area contributed by atoms with E-state index in [-0.39, 0.29) is 0 Å². The lowest BCUT2D eigenvalue weighted by Crippen LogP contribution is -2.17. The Morgan fingerprint density at radius 1 is 1.10 bits per heavy atom. The van der Waals surface area contributed by atoms with Gasteiger partial charge in [-0.1, -0.05) is 35.9 Å². The number of nitrogens with two attached hydrogens (primary N) is 1. The van der Waals surface area contributed by atoms with Gasteiger partial charge in [-0.05, 0) is 48.4 Å². The molecule has 0 radical (unpaired) electrons. The summed E-state index contributed by atoms with van der Waals surface area (Å²) in [7, 11) is 0. The number of benzene rings is 2. The molecule has 0 heterocycles. The maximum absolute atomic E-state index is 11.1. The van der Waals surface area contributed by atoms with Gasteiger partial charge in [-0.15, -0.1) is 0 Å². The van der Waals surface area contributed by atoms with E-state index < -0.39 is 5.91 Å². The minimum absolute atomic E-state index is 0.395. The summed E-state index contributed by atoms with van der Waals surface area (Å²) in [4.78, 5) is 11.1. The highest BCUT2D eigenvalue weighted by Crippen LogP contribution is 2.09. The average molecular weight is 289 g/mol. The number of halogens is 1. The molecule has 2 aromatic carbocycles. The Morgan fingerprint density at radius 2 is 1.85 bits per heavy atom. The Kier molecular flexibility index (Phi) is 5.16. The van der Waals surface area contributed by atoms with Crippen molar-refractivity contribution in [1.29, 1.82) is 0 Å². The first-order valence-electron chi connectivity index (χ1n) is 6.49. The van der Waals surface area contributed by atoms with Crippen LogP contribution in [0.2, 0.25) is 5.02 Å². The van der Waals surface area contributed by atoms with E-state index in [1.54, 1.807) is 6.07 Å². The first kappa shape index (κ1) is 14.6. The second kappa shape index (κ2) is 7.08. The van der Waals surface area contributed by atoms with E-state index in [0.29, 0.717) is 12.1 Å². The Balaban J connectivity index is 1.79. The second-order valence-corrected chi connectivity index (χ2v) is 5.05. The SMILES string of the molecule is NC(=O)c1cccc(CNCCc2ccc(Cl)cc2)c1. The van der Waals surface area contributed by atoms with E-state index in [9.17, 15) is 4.79 Å². The summed E-state index contributed by atoms with van der Waals surface area (Å²) in [6.45, 7) is 1.58. The topological polar surface area (TPSA) is 55.1 Å². The van der Waals surface area contributed by atoms with E-state index in [4.69, 9.17) is 17.3 Å². The van der Waals surface area contributed by atoms with E-state index in [2.05, 4.69) is 5.32 Å². The lowest BCUT2D eigenvalue weighted by molar-refractivity contribution is 0.1000. The molecule has 1 amide bonds. The normalized spacial score (nSPS) is 10.4. The summed E-state index contributed by atoms with van der Waals surface area (Å²) in [6, 6.07) is 15.2. The largest absolute Gasteiger partial charge is 0.366 e. The number of hydrogen-bond donors (Lipinski definition) is 2. The fourth-order valence-electron chi connectivity index (χ4n) is 1.95. The molecule has 0 aromatic heterocycles. The summed E-state index contributed by atoms with van der Waals surface area (Å²) in [6.07, 6.45) is 0.937. The van der Waals surface area contributed by atoms with Gasteiger partial charge in [-0.25, -0.2) is 0 Å². The monoisotopic (exact) mass is 288 g/mol. The molecule has 104 valence electrons. The van der Waals surface area contributed by atoms with E-state index in [0.717, 1.165) is 23.6 Å². The first-order valence-corrected chi connectivity index (χ1v) is 6.87. The van der Waals surface area contributed by atoms with Crippen molar-refractivity contribution < 1.29 is 4.79 Å². The highest BCUT2D eigenvalue weighted by atomic mass is 35.5. The van der Waals surface area contributed by atoms with Crippen LogP contribution < -0.4 is 11.1 Å². The molecule has 0 fully saturated rings. The smallest absolute Gasteiger partial charge is 0.248 e. The van der Waals surface area contributed by atoms with Gasteiger partial charge in [0, 0.05) is 17.1 Å². The molecule has 0 saturated carbocycles. The molecule has 0 spiro atoms. The van der Waals surface area contributed by atoms with Crippen molar-refractivity contribution in [1.82, 2.24) is 5.32 Å². The van der Waals surface area contributed by atoms with Crippen LogP contribution in [0.5, 0.6) is 0 Å². The van der Waals surface area contributed by atoms with Crippen molar-refractivity contribution in [2.24, 2.45) is 5.73 Å². The number of primary amides is 1. The number of nitrogens with one attached hydrogen (secondary N) is 1. The van der Waals surface area contributed by atoms with Crippen LogP contribution in [0.15, 0.2) is 48.5 Å². The fraction of sp³-hybridized carbons (Fsp3) is 0.188. The van der Waals surface area contributed by atoms with Crippen LogP contribution in [0.1, 0.15) is 21.5 Å². The molecule has 4 heteroatoms. The Hall–Kier alpha value is -1.84. The molecular weight excluding hydrogens is 272 g/mol. The number of amides is 1. The zero-order valence-electron chi connectivity index (χ0n) is 11.1. The number of rotatable bonds is 6. The molecule has 0 unspecified atom stereocenters. The maximum Gasteiger partial charge on any atom is 0.248 e.